The molecule has 2 unspecified atom stereocenters. The quantitative estimate of drug-likeness (QED) is 0.126. The van der Waals surface area contributed by atoms with Crippen LogP contribution in [0.1, 0.15) is 39.7 Å². The Bertz CT molecular complexity index is 1200. The zero-order chi connectivity index (χ0) is 32.3. The molecule has 0 saturated carbocycles. The first-order valence-corrected chi connectivity index (χ1v) is 13.6. The van der Waals surface area contributed by atoms with E-state index in [4.69, 9.17) is 29.4 Å². The highest BCUT2D eigenvalue weighted by Gasteiger charge is 2.52. The number of thiol groups is 1. The number of hydrogen-bond acceptors (Lipinski definition) is 14. The number of nitrogens with one attached hydrogen (secondary N) is 2. The van der Waals surface area contributed by atoms with Gasteiger partial charge in [0.15, 0.2) is 24.5 Å². The third-order valence-corrected chi connectivity index (χ3v) is 6.27. The van der Waals surface area contributed by atoms with Crippen LogP contribution >= 0.6 is 12.6 Å². The van der Waals surface area contributed by atoms with Gasteiger partial charge in [-0.1, -0.05) is 30.3 Å². The van der Waals surface area contributed by atoms with Crippen molar-refractivity contribution in [2.75, 3.05) is 6.61 Å². The van der Waals surface area contributed by atoms with Gasteiger partial charge in [-0.05, 0) is 12.0 Å². The van der Waals surface area contributed by atoms with Crippen molar-refractivity contribution in [3.8, 4) is 0 Å². The van der Waals surface area contributed by atoms with Crippen LogP contribution in [0, 0.1) is 0 Å². The van der Waals surface area contributed by atoms with Gasteiger partial charge in [-0.25, -0.2) is 0 Å². The van der Waals surface area contributed by atoms with Crippen LogP contribution in [0.4, 0.5) is 0 Å². The molecule has 0 spiro atoms. The maximum atomic E-state index is 12.9. The van der Waals surface area contributed by atoms with E-state index in [0.29, 0.717) is 0 Å². The molecule has 3 amide bonds. The maximum absolute atomic E-state index is 12.9. The summed E-state index contributed by atoms with van der Waals surface area (Å²) in [5.74, 6) is -5.75. The summed E-state index contributed by atoms with van der Waals surface area (Å²) in [7, 11) is 0. The first-order chi connectivity index (χ1) is 20.2. The third kappa shape index (κ3) is 11.6. The number of nitrogens with two attached hydrogens (primary N) is 1. The minimum atomic E-state index is -1.53. The van der Waals surface area contributed by atoms with Crippen molar-refractivity contribution in [1.29, 1.82) is 0 Å². The summed E-state index contributed by atoms with van der Waals surface area (Å²) in [6.07, 6.45) is -7.67. The van der Waals surface area contributed by atoms with Crippen LogP contribution in [0.15, 0.2) is 30.3 Å². The van der Waals surface area contributed by atoms with Gasteiger partial charge < -0.3 is 34.7 Å². The molecule has 1 saturated heterocycles. The van der Waals surface area contributed by atoms with E-state index in [1.165, 1.54) is 0 Å². The van der Waals surface area contributed by atoms with Gasteiger partial charge in [0.2, 0.25) is 17.7 Å². The Balaban J connectivity index is 2.16. The van der Waals surface area contributed by atoms with Crippen LogP contribution < -0.4 is 16.4 Å². The highest BCUT2D eigenvalue weighted by atomic mass is 32.1. The SMILES string of the molecule is CC(=O)OC[C@H]1OC(NC(=O)CC(S)C(=O)NC(=O)[C@@H](N)Cc2ccccc2)[C@H](OC(C)=O)[C@@H](OC(C)=O)[C@@H]1OC(C)=O. The fraction of sp³-hybridized carbons (Fsp3) is 0.519. The molecule has 1 aliphatic rings. The number of carbonyl (C=O) groups is 7. The fourth-order valence-corrected chi connectivity index (χ4v) is 4.32. The second kappa shape index (κ2) is 16.6. The number of esters is 4. The summed E-state index contributed by atoms with van der Waals surface area (Å²) in [5.41, 5.74) is 6.68. The van der Waals surface area contributed by atoms with Gasteiger partial charge in [0, 0.05) is 34.1 Å². The molecule has 1 aromatic rings. The van der Waals surface area contributed by atoms with Gasteiger partial charge in [-0.3, -0.25) is 38.9 Å². The molecule has 16 heteroatoms. The lowest BCUT2D eigenvalue weighted by atomic mass is 9.97. The average molecular weight is 626 g/mol. The van der Waals surface area contributed by atoms with Crippen molar-refractivity contribution < 1.29 is 57.2 Å². The molecule has 1 aromatic carbocycles. The van der Waals surface area contributed by atoms with Gasteiger partial charge in [-0.15, -0.1) is 0 Å². The van der Waals surface area contributed by atoms with E-state index in [2.05, 4.69) is 23.3 Å². The zero-order valence-corrected chi connectivity index (χ0v) is 24.9. The predicted octanol–water partition coefficient (Wildman–Crippen LogP) is -0.913. The Morgan fingerprint density at radius 2 is 1.40 bits per heavy atom. The molecule has 0 aromatic heterocycles. The van der Waals surface area contributed by atoms with Gasteiger partial charge in [0.25, 0.3) is 0 Å². The number of rotatable bonds is 12. The average Bonchev–Trinajstić information content (AvgIpc) is 2.90. The topological polar surface area (TPSA) is 216 Å². The van der Waals surface area contributed by atoms with Crippen molar-refractivity contribution in [3.63, 3.8) is 0 Å². The minimum absolute atomic E-state index is 0.167. The van der Waals surface area contributed by atoms with Crippen LogP contribution in [0.25, 0.3) is 0 Å². The molecule has 15 nitrogen and oxygen atoms in total. The second-order valence-electron chi connectivity index (χ2n) is 9.56. The smallest absolute Gasteiger partial charge is 0.303 e. The van der Waals surface area contributed by atoms with Crippen molar-refractivity contribution in [3.05, 3.63) is 35.9 Å². The molecule has 236 valence electrons. The molecule has 43 heavy (non-hydrogen) atoms. The monoisotopic (exact) mass is 625 g/mol. The summed E-state index contributed by atoms with van der Waals surface area (Å²) >= 11 is 4.11. The van der Waals surface area contributed by atoms with Gasteiger partial charge in [0.05, 0.1) is 11.3 Å². The second-order valence-corrected chi connectivity index (χ2v) is 10.2. The van der Waals surface area contributed by atoms with Crippen LogP contribution in [0.2, 0.25) is 0 Å². The van der Waals surface area contributed by atoms with E-state index in [1.54, 1.807) is 30.3 Å². The molecule has 1 heterocycles. The minimum Gasteiger partial charge on any atom is -0.463 e. The third-order valence-electron chi connectivity index (χ3n) is 5.86. The number of hydrogen-bond donors (Lipinski definition) is 4. The molecule has 0 bridgehead atoms. The van der Waals surface area contributed by atoms with Crippen LogP contribution in [-0.4, -0.2) is 90.1 Å². The van der Waals surface area contributed by atoms with Gasteiger partial charge in [-0.2, -0.15) is 12.6 Å². The number of carbonyl (C=O) groups excluding carboxylic acids is 7. The fourth-order valence-electron chi connectivity index (χ4n) is 4.09. The number of ether oxygens (including phenoxy) is 5. The Labute approximate surface area is 252 Å². The Kier molecular flexibility index (Phi) is 13.6. The van der Waals surface area contributed by atoms with Crippen molar-refractivity contribution in [1.82, 2.24) is 10.6 Å². The lowest BCUT2D eigenvalue weighted by Gasteiger charge is -2.44. The number of amides is 3. The summed E-state index contributed by atoms with van der Waals surface area (Å²) < 4.78 is 26.6. The first-order valence-electron chi connectivity index (χ1n) is 13.1. The highest BCUT2D eigenvalue weighted by Crippen LogP contribution is 2.28. The number of benzene rings is 1. The highest BCUT2D eigenvalue weighted by molar-refractivity contribution is 7.81. The van der Waals surface area contributed by atoms with Gasteiger partial charge >= 0.3 is 23.9 Å². The molecule has 1 aliphatic heterocycles. The van der Waals surface area contributed by atoms with Crippen LogP contribution in [0.3, 0.4) is 0 Å². The zero-order valence-electron chi connectivity index (χ0n) is 24.0. The first kappa shape index (κ1) is 35.2. The van der Waals surface area contributed by atoms with E-state index in [0.717, 1.165) is 33.3 Å². The summed E-state index contributed by atoms with van der Waals surface area (Å²) in [6.45, 7) is 3.79. The van der Waals surface area contributed by atoms with E-state index in [9.17, 15) is 33.6 Å². The van der Waals surface area contributed by atoms with Gasteiger partial charge in [0.1, 0.15) is 12.7 Å². The molecular weight excluding hydrogens is 590 g/mol. The Hall–Kier alpha value is -4.02. The molecule has 2 rings (SSSR count). The Morgan fingerprint density at radius 3 is 1.95 bits per heavy atom. The van der Waals surface area contributed by atoms with E-state index in [1.807, 2.05) is 0 Å². The lowest BCUT2D eigenvalue weighted by molar-refractivity contribution is -0.256. The van der Waals surface area contributed by atoms with Crippen molar-refractivity contribution >= 4 is 54.2 Å². The summed E-state index contributed by atoms with van der Waals surface area (Å²) in [6, 6.07) is 7.86. The predicted molar refractivity (Wildman–Crippen MR) is 149 cm³/mol. The van der Waals surface area contributed by atoms with Crippen molar-refractivity contribution in [2.24, 2.45) is 5.73 Å². The van der Waals surface area contributed by atoms with Crippen LogP contribution in [-0.2, 0) is 63.7 Å². The van der Waals surface area contributed by atoms with E-state index in [-0.39, 0.29) is 6.42 Å². The summed E-state index contributed by atoms with van der Waals surface area (Å²) in [5, 5.41) is 3.21. The molecular formula is C27H35N3O12S. The Morgan fingerprint density at radius 1 is 0.837 bits per heavy atom. The van der Waals surface area contributed by atoms with Crippen LogP contribution in [0.5, 0.6) is 0 Å². The van der Waals surface area contributed by atoms with E-state index >= 15 is 0 Å². The maximum Gasteiger partial charge on any atom is 0.303 e. The molecule has 0 aliphatic carbocycles. The van der Waals surface area contributed by atoms with E-state index < -0.39 is 96.6 Å². The lowest BCUT2D eigenvalue weighted by Crippen LogP contribution is -2.66. The molecule has 0 radical (unpaired) electrons. The normalized spacial score (nSPS) is 22.6. The molecule has 1 fully saturated rings. The number of imide groups is 1. The molecule has 7 atom stereocenters. The van der Waals surface area contributed by atoms with Crippen molar-refractivity contribution in [2.45, 2.75) is 82.5 Å². The largest absolute Gasteiger partial charge is 0.463 e. The standard InChI is InChI=1S/C27H35N3O12S/c1-13(31)38-12-19-22(39-14(2)32)23(40-15(3)33)24(41-16(4)34)27(42-19)29-21(35)11-20(43)26(37)30-25(36)18(28)10-17-8-6-5-7-9-17/h5-9,18-20,22-24,27,43H,10-12,28H2,1-4H3,(H,29,35)(H,30,36,37)/t18-,19+,20?,22+,23-,24+,27?/m0/s1. The molecule has 4 N–H and O–H groups in total. The summed E-state index contributed by atoms with van der Waals surface area (Å²) in [4.78, 5) is 85.0.